The number of benzene rings is 1. The van der Waals surface area contributed by atoms with Crippen LogP contribution in [0.3, 0.4) is 0 Å². The van der Waals surface area contributed by atoms with Crippen LogP contribution in [0, 0.1) is 0 Å². The number of hydrogen-bond acceptors (Lipinski definition) is 4. The van der Waals surface area contributed by atoms with E-state index in [9.17, 15) is 0 Å². The Hall–Kier alpha value is -0.580. The first-order valence-electron chi connectivity index (χ1n) is 7.50. The van der Waals surface area contributed by atoms with E-state index in [4.69, 9.17) is 21.1 Å². The average molecular weight is 332 g/mol. The van der Waals surface area contributed by atoms with E-state index in [0.717, 1.165) is 48.7 Å². The molecule has 0 aromatic heterocycles. The number of ether oxygens (including phenoxy) is 2. The molecular weight excluding hydrogens is 306 g/mol. The van der Waals surface area contributed by atoms with Gasteiger partial charge in [-0.05, 0) is 37.0 Å². The van der Waals surface area contributed by atoms with Gasteiger partial charge in [-0.2, -0.15) is 11.8 Å². The first kappa shape index (κ1) is 18.5. The summed E-state index contributed by atoms with van der Waals surface area (Å²) in [5, 5.41) is 4.06. The molecule has 0 aliphatic carbocycles. The van der Waals surface area contributed by atoms with Crippen LogP contribution in [0.25, 0.3) is 0 Å². The predicted molar refractivity (Wildman–Crippen MR) is 93.1 cm³/mol. The van der Waals surface area contributed by atoms with E-state index in [-0.39, 0.29) is 0 Å². The number of methoxy groups -OCH3 is 1. The number of thioether (sulfide) groups is 1. The van der Waals surface area contributed by atoms with Crippen molar-refractivity contribution in [3.8, 4) is 11.5 Å². The van der Waals surface area contributed by atoms with Gasteiger partial charge in [-0.15, -0.1) is 0 Å². The van der Waals surface area contributed by atoms with Crippen molar-refractivity contribution >= 4 is 23.4 Å². The smallest absolute Gasteiger partial charge is 0.165 e. The summed E-state index contributed by atoms with van der Waals surface area (Å²) < 4.78 is 11.4. The molecule has 0 radical (unpaired) electrons. The highest BCUT2D eigenvalue weighted by atomic mass is 35.5. The monoisotopic (exact) mass is 331 g/mol. The summed E-state index contributed by atoms with van der Waals surface area (Å²) in [6.07, 6.45) is 2.13. The number of rotatable bonds is 11. The molecule has 1 rings (SSSR count). The Morgan fingerprint density at radius 3 is 2.76 bits per heavy atom. The van der Waals surface area contributed by atoms with Gasteiger partial charge in [0.2, 0.25) is 0 Å². The van der Waals surface area contributed by atoms with Crippen molar-refractivity contribution in [3.63, 3.8) is 0 Å². The van der Waals surface area contributed by atoms with E-state index in [1.165, 1.54) is 0 Å². The Morgan fingerprint density at radius 2 is 2.10 bits per heavy atom. The molecule has 120 valence electrons. The lowest BCUT2D eigenvalue weighted by molar-refractivity contribution is 0.291. The summed E-state index contributed by atoms with van der Waals surface area (Å²) in [5.74, 6) is 3.79. The maximum atomic E-state index is 6.15. The van der Waals surface area contributed by atoms with Crippen molar-refractivity contribution in [2.75, 3.05) is 31.8 Å². The number of nitrogens with one attached hydrogen (secondary N) is 1. The number of hydrogen-bond donors (Lipinski definition) is 1. The summed E-state index contributed by atoms with van der Waals surface area (Å²) in [6, 6.07) is 3.75. The van der Waals surface area contributed by atoms with Crippen molar-refractivity contribution in [1.82, 2.24) is 5.32 Å². The summed E-state index contributed by atoms with van der Waals surface area (Å²) in [4.78, 5) is 0. The number of halogens is 1. The summed E-state index contributed by atoms with van der Waals surface area (Å²) in [5.41, 5.74) is 1.05. The molecular formula is C16H26ClNO2S. The highest BCUT2D eigenvalue weighted by Crippen LogP contribution is 2.34. The van der Waals surface area contributed by atoms with Gasteiger partial charge < -0.3 is 14.8 Å². The molecule has 0 bridgehead atoms. The Bertz CT molecular complexity index is 416. The van der Waals surface area contributed by atoms with Crippen molar-refractivity contribution in [1.29, 1.82) is 0 Å². The van der Waals surface area contributed by atoms with E-state index in [1.807, 2.05) is 17.8 Å². The molecule has 0 unspecified atom stereocenters. The van der Waals surface area contributed by atoms with Gasteiger partial charge in [0.15, 0.2) is 11.5 Å². The van der Waals surface area contributed by atoms with Gasteiger partial charge in [-0.3, -0.25) is 0 Å². The predicted octanol–water partition coefficient (Wildman–Crippen LogP) is 4.37. The minimum atomic E-state index is 0.675. The molecule has 0 aliphatic rings. The third kappa shape index (κ3) is 6.81. The standard InChI is InChI=1S/C16H26ClNO2S/c1-4-7-18-12-13-10-14(17)11-15(19-3)16(13)20-8-6-9-21-5-2/h10-11,18H,4-9,12H2,1-3H3. The molecule has 0 aliphatic heterocycles. The largest absolute Gasteiger partial charge is 0.493 e. The zero-order chi connectivity index (χ0) is 15.5. The second-order valence-corrected chi connectivity index (χ2v) is 6.50. The van der Waals surface area contributed by atoms with Crippen molar-refractivity contribution in [2.45, 2.75) is 33.2 Å². The van der Waals surface area contributed by atoms with Gasteiger partial charge >= 0.3 is 0 Å². The summed E-state index contributed by atoms with van der Waals surface area (Å²) in [6.45, 7) is 6.73. The normalized spacial score (nSPS) is 10.7. The lowest BCUT2D eigenvalue weighted by Gasteiger charge is -2.16. The fraction of sp³-hybridized carbons (Fsp3) is 0.625. The van der Waals surface area contributed by atoms with E-state index in [1.54, 1.807) is 13.2 Å². The zero-order valence-corrected chi connectivity index (χ0v) is 14.8. The molecule has 1 N–H and O–H groups in total. The second kappa shape index (κ2) is 11.0. The maximum absolute atomic E-state index is 6.15. The molecule has 1 aromatic rings. The van der Waals surface area contributed by atoms with Crippen molar-refractivity contribution in [2.24, 2.45) is 0 Å². The Balaban J connectivity index is 2.71. The molecule has 21 heavy (non-hydrogen) atoms. The van der Waals surface area contributed by atoms with Crippen LogP contribution >= 0.6 is 23.4 Å². The lowest BCUT2D eigenvalue weighted by atomic mass is 10.1. The molecule has 3 nitrogen and oxygen atoms in total. The van der Waals surface area contributed by atoms with Gasteiger partial charge in [0.1, 0.15) is 0 Å². The molecule has 0 amide bonds. The first-order valence-corrected chi connectivity index (χ1v) is 9.03. The van der Waals surface area contributed by atoms with Crippen LogP contribution in [0.1, 0.15) is 32.3 Å². The highest BCUT2D eigenvalue weighted by molar-refractivity contribution is 7.99. The minimum Gasteiger partial charge on any atom is -0.493 e. The van der Waals surface area contributed by atoms with E-state index >= 15 is 0 Å². The van der Waals surface area contributed by atoms with Crippen LogP contribution in [0.5, 0.6) is 11.5 Å². The molecule has 0 saturated carbocycles. The van der Waals surface area contributed by atoms with Crippen LogP contribution in [0.2, 0.25) is 5.02 Å². The Morgan fingerprint density at radius 1 is 1.29 bits per heavy atom. The van der Waals surface area contributed by atoms with Gasteiger partial charge in [0, 0.05) is 23.2 Å². The zero-order valence-electron chi connectivity index (χ0n) is 13.2. The first-order chi connectivity index (χ1) is 10.2. The van der Waals surface area contributed by atoms with Crippen LogP contribution in [0.15, 0.2) is 12.1 Å². The average Bonchev–Trinajstić information content (AvgIpc) is 2.48. The molecule has 5 heteroatoms. The quantitative estimate of drug-likeness (QED) is 0.610. The SMILES string of the molecule is CCCNCc1cc(Cl)cc(OC)c1OCCCSCC. The molecule has 1 aromatic carbocycles. The Labute approximate surface area is 137 Å². The van der Waals surface area contributed by atoms with Gasteiger partial charge in [0.05, 0.1) is 13.7 Å². The molecule has 0 saturated heterocycles. The lowest BCUT2D eigenvalue weighted by Crippen LogP contribution is -2.15. The second-order valence-electron chi connectivity index (χ2n) is 4.67. The van der Waals surface area contributed by atoms with Crippen LogP contribution < -0.4 is 14.8 Å². The van der Waals surface area contributed by atoms with Gasteiger partial charge in [-0.25, -0.2) is 0 Å². The van der Waals surface area contributed by atoms with Crippen LogP contribution in [-0.4, -0.2) is 31.8 Å². The molecule has 0 fully saturated rings. The summed E-state index contributed by atoms with van der Waals surface area (Å²) >= 11 is 8.08. The maximum Gasteiger partial charge on any atom is 0.165 e. The molecule has 0 heterocycles. The third-order valence-corrected chi connectivity index (χ3v) is 4.15. The van der Waals surface area contributed by atoms with Gasteiger partial charge in [-0.1, -0.05) is 25.4 Å². The topological polar surface area (TPSA) is 30.5 Å². The summed E-state index contributed by atoms with van der Waals surface area (Å²) in [7, 11) is 1.65. The fourth-order valence-electron chi connectivity index (χ4n) is 1.95. The fourth-order valence-corrected chi connectivity index (χ4v) is 2.79. The van der Waals surface area contributed by atoms with Crippen molar-refractivity contribution < 1.29 is 9.47 Å². The highest BCUT2D eigenvalue weighted by Gasteiger charge is 2.12. The third-order valence-electron chi connectivity index (χ3n) is 2.94. The van der Waals surface area contributed by atoms with Crippen LogP contribution in [0.4, 0.5) is 0 Å². The Kier molecular flexibility index (Phi) is 9.72. The molecule has 0 atom stereocenters. The van der Waals surface area contributed by atoms with Crippen molar-refractivity contribution in [3.05, 3.63) is 22.7 Å². The van der Waals surface area contributed by atoms with Crippen LogP contribution in [-0.2, 0) is 6.54 Å². The minimum absolute atomic E-state index is 0.675. The van der Waals surface area contributed by atoms with E-state index in [2.05, 4.69) is 19.2 Å². The van der Waals surface area contributed by atoms with E-state index < -0.39 is 0 Å². The molecule has 0 spiro atoms. The van der Waals surface area contributed by atoms with E-state index in [0.29, 0.717) is 17.4 Å². The van der Waals surface area contributed by atoms with Gasteiger partial charge in [0.25, 0.3) is 0 Å².